The molecule has 0 saturated carbocycles. The summed E-state index contributed by atoms with van der Waals surface area (Å²) in [6.07, 6.45) is 1.35. The Bertz CT molecular complexity index is 849. The molecule has 5 nitrogen and oxygen atoms in total. The average molecular weight is 360 g/mol. The fourth-order valence-electron chi connectivity index (χ4n) is 2.37. The van der Waals surface area contributed by atoms with Gasteiger partial charge in [-0.3, -0.25) is 10.0 Å². The lowest BCUT2D eigenvalue weighted by molar-refractivity contribution is -0.129. The van der Waals surface area contributed by atoms with Crippen LogP contribution in [0.4, 0.5) is 4.39 Å². The van der Waals surface area contributed by atoms with E-state index in [1.54, 1.807) is 17.6 Å². The SMILES string of the molecule is O=C(CCCCOc1ccc(-c2nc3ccccc3s2)cc1F)NO. The number of para-hydroxylation sites is 1. The maximum atomic E-state index is 14.2. The Morgan fingerprint density at radius 2 is 2.08 bits per heavy atom. The molecule has 2 aromatic carbocycles. The van der Waals surface area contributed by atoms with Gasteiger partial charge in [0.2, 0.25) is 5.91 Å². The van der Waals surface area contributed by atoms with Crippen LogP contribution in [0.15, 0.2) is 42.5 Å². The number of fused-ring (bicyclic) bond motifs is 1. The normalized spacial score (nSPS) is 10.8. The summed E-state index contributed by atoms with van der Waals surface area (Å²) >= 11 is 1.52. The third-order valence-electron chi connectivity index (χ3n) is 3.65. The molecule has 130 valence electrons. The van der Waals surface area contributed by atoms with E-state index in [1.807, 2.05) is 24.3 Å². The minimum atomic E-state index is -0.440. The summed E-state index contributed by atoms with van der Waals surface area (Å²) in [5.74, 6) is -0.701. The van der Waals surface area contributed by atoms with E-state index in [4.69, 9.17) is 9.94 Å². The van der Waals surface area contributed by atoms with E-state index in [9.17, 15) is 9.18 Å². The maximum absolute atomic E-state index is 14.2. The van der Waals surface area contributed by atoms with Gasteiger partial charge in [-0.15, -0.1) is 11.3 Å². The molecule has 0 unspecified atom stereocenters. The molecule has 2 N–H and O–H groups in total. The van der Waals surface area contributed by atoms with Crippen LogP contribution in [0.25, 0.3) is 20.8 Å². The first-order valence-electron chi connectivity index (χ1n) is 7.88. The molecule has 0 saturated heterocycles. The Morgan fingerprint density at radius 3 is 2.84 bits per heavy atom. The molecule has 0 atom stereocenters. The van der Waals surface area contributed by atoms with Gasteiger partial charge >= 0.3 is 0 Å². The number of nitrogens with zero attached hydrogens (tertiary/aromatic N) is 1. The van der Waals surface area contributed by atoms with Gasteiger partial charge in [-0.05, 0) is 43.2 Å². The summed E-state index contributed by atoms with van der Waals surface area (Å²) in [7, 11) is 0. The Kier molecular flexibility index (Phi) is 5.57. The lowest BCUT2D eigenvalue weighted by Gasteiger charge is -2.08. The first-order valence-corrected chi connectivity index (χ1v) is 8.70. The number of thiazole rings is 1. The van der Waals surface area contributed by atoms with Crippen molar-refractivity contribution < 1.29 is 19.1 Å². The molecule has 0 bridgehead atoms. The quantitative estimate of drug-likeness (QED) is 0.377. The summed E-state index contributed by atoms with van der Waals surface area (Å²) in [6, 6.07) is 12.6. The van der Waals surface area contributed by atoms with Crippen molar-refractivity contribution >= 4 is 27.5 Å². The second-order valence-corrected chi connectivity index (χ2v) is 6.50. The van der Waals surface area contributed by atoms with E-state index in [2.05, 4.69) is 4.98 Å². The predicted molar refractivity (Wildman–Crippen MR) is 94.3 cm³/mol. The van der Waals surface area contributed by atoms with E-state index >= 15 is 0 Å². The largest absolute Gasteiger partial charge is 0.491 e. The number of nitrogens with one attached hydrogen (secondary N) is 1. The minimum Gasteiger partial charge on any atom is -0.491 e. The van der Waals surface area contributed by atoms with Crippen molar-refractivity contribution in [3.63, 3.8) is 0 Å². The van der Waals surface area contributed by atoms with Crippen molar-refractivity contribution in [2.24, 2.45) is 0 Å². The Morgan fingerprint density at radius 1 is 1.24 bits per heavy atom. The van der Waals surface area contributed by atoms with E-state index < -0.39 is 11.7 Å². The molecule has 1 amide bonds. The van der Waals surface area contributed by atoms with Crippen molar-refractivity contribution in [3.8, 4) is 16.3 Å². The molecule has 0 aliphatic rings. The van der Waals surface area contributed by atoms with Crippen molar-refractivity contribution in [2.45, 2.75) is 19.3 Å². The number of ether oxygens (including phenoxy) is 1. The van der Waals surface area contributed by atoms with E-state index in [0.717, 1.165) is 15.2 Å². The molecule has 0 aliphatic heterocycles. The van der Waals surface area contributed by atoms with Crippen LogP contribution in [0.5, 0.6) is 5.75 Å². The minimum absolute atomic E-state index is 0.177. The fourth-order valence-corrected chi connectivity index (χ4v) is 3.33. The zero-order valence-electron chi connectivity index (χ0n) is 13.4. The van der Waals surface area contributed by atoms with E-state index in [0.29, 0.717) is 25.0 Å². The van der Waals surface area contributed by atoms with Crippen LogP contribution in [-0.2, 0) is 4.79 Å². The van der Waals surface area contributed by atoms with Gasteiger partial charge in [0.05, 0.1) is 16.8 Å². The third-order valence-corrected chi connectivity index (χ3v) is 4.74. The van der Waals surface area contributed by atoms with Gasteiger partial charge in [0.25, 0.3) is 0 Å². The van der Waals surface area contributed by atoms with Gasteiger partial charge in [-0.25, -0.2) is 14.9 Å². The highest BCUT2D eigenvalue weighted by Gasteiger charge is 2.10. The van der Waals surface area contributed by atoms with Gasteiger partial charge < -0.3 is 4.74 Å². The maximum Gasteiger partial charge on any atom is 0.243 e. The lowest BCUT2D eigenvalue weighted by Crippen LogP contribution is -2.18. The number of rotatable bonds is 7. The molecule has 0 radical (unpaired) electrons. The summed E-state index contributed by atoms with van der Waals surface area (Å²) in [5, 5.41) is 9.15. The van der Waals surface area contributed by atoms with Crippen LogP contribution in [-0.4, -0.2) is 22.7 Å². The van der Waals surface area contributed by atoms with Crippen LogP contribution in [0.1, 0.15) is 19.3 Å². The number of hydroxylamine groups is 1. The smallest absolute Gasteiger partial charge is 0.243 e. The number of carbonyl (C=O) groups excluding carboxylic acids is 1. The van der Waals surface area contributed by atoms with Crippen molar-refractivity contribution in [2.75, 3.05) is 6.61 Å². The van der Waals surface area contributed by atoms with Crippen molar-refractivity contribution in [3.05, 3.63) is 48.3 Å². The first-order chi connectivity index (χ1) is 12.2. The highest BCUT2D eigenvalue weighted by Crippen LogP contribution is 2.32. The second kappa shape index (κ2) is 8.04. The fraction of sp³-hybridized carbons (Fsp3) is 0.222. The van der Waals surface area contributed by atoms with Crippen LogP contribution in [0, 0.1) is 5.82 Å². The highest BCUT2D eigenvalue weighted by atomic mass is 32.1. The molecule has 0 aliphatic carbocycles. The first kappa shape index (κ1) is 17.3. The number of amides is 1. The van der Waals surface area contributed by atoms with Crippen molar-refractivity contribution in [1.82, 2.24) is 10.5 Å². The van der Waals surface area contributed by atoms with Crippen LogP contribution >= 0.6 is 11.3 Å². The predicted octanol–water partition coefficient (Wildman–Crippen LogP) is 4.16. The number of benzene rings is 2. The number of aromatic nitrogens is 1. The second-order valence-electron chi connectivity index (χ2n) is 5.47. The molecule has 0 spiro atoms. The molecule has 0 fully saturated rings. The molecule has 3 rings (SSSR count). The number of hydrogen-bond acceptors (Lipinski definition) is 5. The number of carbonyl (C=O) groups is 1. The highest BCUT2D eigenvalue weighted by molar-refractivity contribution is 7.21. The monoisotopic (exact) mass is 360 g/mol. The average Bonchev–Trinajstić information content (AvgIpc) is 3.06. The molecular weight excluding hydrogens is 343 g/mol. The van der Waals surface area contributed by atoms with Crippen LogP contribution in [0.2, 0.25) is 0 Å². The Balaban J connectivity index is 1.61. The lowest BCUT2D eigenvalue weighted by atomic mass is 10.2. The molecule has 7 heteroatoms. The molecule has 1 heterocycles. The summed E-state index contributed by atoms with van der Waals surface area (Å²) in [6.45, 7) is 0.302. The van der Waals surface area contributed by atoms with Crippen LogP contribution in [0.3, 0.4) is 0 Å². The zero-order chi connectivity index (χ0) is 17.6. The van der Waals surface area contributed by atoms with Gasteiger partial charge in [0.1, 0.15) is 5.01 Å². The third kappa shape index (κ3) is 4.32. The molecule has 1 aromatic heterocycles. The standard InChI is InChI=1S/C18H17FN2O3S/c19-13-11-12(18-20-14-5-1-2-6-16(14)25-18)8-9-15(13)24-10-4-3-7-17(22)21-23/h1-2,5-6,8-9,11,23H,3-4,7,10H2,(H,21,22). The number of hydrogen-bond donors (Lipinski definition) is 2. The van der Waals surface area contributed by atoms with E-state index in [-0.39, 0.29) is 12.2 Å². The summed E-state index contributed by atoms with van der Waals surface area (Å²) in [5.41, 5.74) is 3.18. The summed E-state index contributed by atoms with van der Waals surface area (Å²) < 4.78 is 20.7. The van der Waals surface area contributed by atoms with Gasteiger partial charge in [-0.1, -0.05) is 12.1 Å². The number of unbranched alkanes of at least 4 members (excludes halogenated alkanes) is 1. The van der Waals surface area contributed by atoms with Crippen molar-refractivity contribution in [1.29, 1.82) is 0 Å². The van der Waals surface area contributed by atoms with Gasteiger partial charge in [-0.2, -0.15) is 0 Å². The molecule has 3 aromatic rings. The molecular formula is C18H17FN2O3S. The van der Waals surface area contributed by atoms with Crippen LogP contribution < -0.4 is 10.2 Å². The zero-order valence-corrected chi connectivity index (χ0v) is 14.2. The molecule has 25 heavy (non-hydrogen) atoms. The topological polar surface area (TPSA) is 71.5 Å². The Labute approximate surface area is 148 Å². The summed E-state index contributed by atoms with van der Waals surface area (Å²) in [4.78, 5) is 15.4. The van der Waals surface area contributed by atoms with E-state index in [1.165, 1.54) is 17.4 Å². The van der Waals surface area contributed by atoms with Gasteiger partial charge in [0, 0.05) is 12.0 Å². The number of halogens is 1. The Hall–Kier alpha value is -2.51. The van der Waals surface area contributed by atoms with Gasteiger partial charge in [0.15, 0.2) is 11.6 Å².